The lowest BCUT2D eigenvalue weighted by molar-refractivity contribution is 0.369. The minimum Gasteiger partial charge on any atom is -0.496 e. The predicted octanol–water partition coefficient (Wildman–Crippen LogP) is 1.26. The van der Waals surface area contributed by atoms with Gasteiger partial charge in [-0.2, -0.15) is 0 Å². The highest BCUT2D eigenvalue weighted by Gasteiger charge is 2.08. The van der Waals surface area contributed by atoms with Gasteiger partial charge in [0.1, 0.15) is 5.75 Å². The summed E-state index contributed by atoms with van der Waals surface area (Å²) in [5.41, 5.74) is 7.98. The van der Waals surface area contributed by atoms with Gasteiger partial charge in [0.2, 0.25) is 0 Å². The largest absolute Gasteiger partial charge is 0.496 e. The zero-order valence-corrected chi connectivity index (χ0v) is 9.79. The predicted molar refractivity (Wildman–Crippen MR) is 63.1 cm³/mol. The highest BCUT2D eigenvalue weighted by Crippen LogP contribution is 2.24. The van der Waals surface area contributed by atoms with Crippen LogP contribution in [-0.4, -0.2) is 32.6 Å². The summed E-state index contributed by atoms with van der Waals surface area (Å²) in [6.45, 7) is 1.55. The van der Waals surface area contributed by atoms with Gasteiger partial charge in [0, 0.05) is 12.1 Å². The van der Waals surface area contributed by atoms with Gasteiger partial charge >= 0.3 is 0 Å². The van der Waals surface area contributed by atoms with E-state index in [0.29, 0.717) is 6.54 Å². The SMILES string of the molecule is COc1c(CCN)cccc1CN(C)C. The maximum Gasteiger partial charge on any atom is 0.126 e. The Bertz CT molecular complexity index is 310. The minimum absolute atomic E-state index is 0.655. The molecular weight excluding hydrogens is 188 g/mol. The maximum atomic E-state index is 5.57. The molecule has 0 unspecified atom stereocenters. The first-order chi connectivity index (χ1) is 7.19. The summed E-state index contributed by atoms with van der Waals surface area (Å²) in [6, 6.07) is 6.23. The molecule has 0 aliphatic rings. The second-order valence-electron chi connectivity index (χ2n) is 3.89. The Morgan fingerprint density at radius 2 is 1.93 bits per heavy atom. The van der Waals surface area contributed by atoms with Crippen LogP contribution in [0, 0.1) is 0 Å². The zero-order valence-electron chi connectivity index (χ0n) is 9.79. The zero-order chi connectivity index (χ0) is 11.3. The molecule has 0 saturated heterocycles. The second kappa shape index (κ2) is 5.73. The molecule has 0 radical (unpaired) electrons. The van der Waals surface area contributed by atoms with Crippen LogP contribution in [0.1, 0.15) is 11.1 Å². The van der Waals surface area contributed by atoms with E-state index < -0.39 is 0 Å². The third kappa shape index (κ3) is 3.22. The third-order valence-electron chi connectivity index (χ3n) is 2.28. The van der Waals surface area contributed by atoms with E-state index in [9.17, 15) is 0 Å². The molecular formula is C12H20N2O. The lowest BCUT2D eigenvalue weighted by Crippen LogP contribution is -2.13. The van der Waals surface area contributed by atoms with Crippen LogP contribution in [0.3, 0.4) is 0 Å². The van der Waals surface area contributed by atoms with Crippen LogP contribution < -0.4 is 10.5 Å². The lowest BCUT2D eigenvalue weighted by Gasteiger charge is -2.16. The van der Waals surface area contributed by atoms with Crippen molar-refractivity contribution in [1.29, 1.82) is 0 Å². The number of hydrogen-bond acceptors (Lipinski definition) is 3. The van der Waals surface area contributed by atoms with E-state index >= 15 is 0 Å². The first-order valence-corrected chi connectivity index (χ1v) is 5.18. The van der Waals surface area contributed by atoms with E-state index in [1.54, 1.807) is 7.11 Å². The highest BCUT2D eigenvalue weighted by molar-refractivity contribution is 5.41. The Morgan fingerprint density at radius 3 is 2.47 bits per heavy atom. The van der Waals surface area contributed by atoms with Crippen LogP contribution >= 0.6 is 0 Å². The molecule has 1 rings (SSSR count). The molecule has 2 N–H and O–H groups in total. The molecule has 0 atom stereocenters. The standard InChI is InChI=1S/C12H20N2O/c1-14(2)9-11-6-4-5-10(7-8-13)12(11)15-3/h4-6H,7-9,13H2,1-3H3. The van der Waals surface area contributed by atoms with Crippen molar-refractivity contribution in [2.75, 3.05) is 27.7 Å². The Morgan fingerprint density at radius 1 is 1.27 bits per heavy atom. The van der Waals surface area contributed by atoms with Crippen molar-refractivity contribution in [3.05, 3.63) is 29.3 Å². The fourth-order valence-corrected chi connectivity index (χ4v) is 1.72. The molecule has 0 aliphatic heterocycles. The van der Waals surface area contributed by atoms with Gasteiger partial charge in [0.05, 0.1) is 7.11 Å². The van der Waals surface area contributed by atoms with Crippen LogP contribution in [0.15, 0.2) is 18.2 Å². The van der Waals surface area contributed by atoms with Crippen molar-refractivity contribution in [2.45, 2.75) is 13.0 Å². The van der Waals surface area contributed by atoms with Crippen molar-refractivity contribution in [2.24, 2.45) is 5.73 Å². The smallest absolute Gasteiger partial charge is 0.126 e. The van der Waals surface area contributed by atoms with E-state index in [0.717, 1.165) is 18.7 Å². The Kier molecular flexibility index (Phi) is 4.59. The van der Waals surface area contributed by atoms with Gasteiger partial charge < -0.3 is 15.4 Å². The van der Waals surface area contributed by atoms with Crippen molar-refractivity contribution < 1.29 is 4.74 Å². The van der Waals surface area contributed by atoms with Gasteiger partial charge in [0.25, 0.3) is 0 Å². The Hall–Kier alpha value is -1.06. The summed E-state index contributed by atoms with van der Waals surface area (Å²) in [4.78, 5) is 2.13. The molecule has 15 heavy (non-hydrogen) atoms. The molecule has 0 saturated carbocycles. The average molecular weight is 208 g/mol. The van der Waals surface area contributed by atoms with Gasteiger partial charge in [-0.1, -0.05) is 18.2 Å². The highest BCUT2D eigenvalue weighted by atomic mass is 16.5. The van der Waals surface area contributed by atoms with Crippen molar-refractivity contribution >= 4 is 0 Å². The van der Waals surface area contributed by atoms with Gasteiger partial charge in [-0.05, 0) is 32.6 Å². The van der Waals surface area contributed by atoms with Crippen LogP contribution in [-0.2, 0) is 13.0 Å². The summed E-state index contributed by atoms with van der Waals surface area (Å²) in [6.07, 6.45) is 0.866. The molecule has 0 spiro atoms. The first-order valence-electron chi connectivity index (χ1n) is 5.18. The fraction of sp³-hybridized carbons (Fsp3) is 0.500. The van der Waals surface area contributed by atoms with Gasteiger partial charge in [-0.15, -0.1) is 0 Å². The second-order valence-corrected chi connectivity index (χ2v) is 3.89. The lowest BCUT2D eigenvalue weighted by atomic mass is 10.1. The first kappa shape index (κ1) is 12.0. The molecule has 84 valence electrons. The summed E-state index contributed by atoms with van der Waals surface area (Å²) in [5, 5.41) is 0. The molecule has 1 aromatic rings. The topological polar surface area (TPSA) is 38.5 Å². The molecule has 0 aliphatic carbocycles. The molecule has 1 aromatic carbocycles. The van der Waals surface area contributed by atoms with Crippen LogP contribution in [0.25, 0.3) is 0 Å². The number of nitrogens with zero attached hydrogens (tertiary/aromatic N) is 1. The van der Waals surface area contributed by atoms with Crippen LogP contribution in [0.5, 0.6) is 5.75 Å². The minimum atomic E-state index is 0.655. The Labute approximate surface area is 91.8 Å². The van der Waals surface area contributed by atoms with Gasteiger partial charge in [-0.3, -0.25) is 0 Å². The Balaban J connectivity index is 2.98. The quantitative estimate of drug-likeness (QED) is 0.791. The van der Waals surface area contributed by atoms with E-state index in [1.165, 1.54) is 11.1 Å². The van der Waals surface area contributed by atoms with Gasteiger partial charge in [0.15, 0.2) is 0 Å². The number of rotatable bonds is 5. The normalized spacial score (nSPS) is 10.7. The van der Waals surface area contributed by atoms with E-state index in [4.69, 9.17) is 10.5 Å². The van der Waals surface area contributed by atoms with Crippen LogP contribution in [0.4, 0.5) is 0 Å². The molecule has 3 nitrogen and oxygen atoms in total. The average Bonchev–Trinajstić information content (AvgIpc) is 2.18. The molecule has 0 heterocycles. The number of ether oxygens (including phenoxy) is 1. The molecule has 0 amide bonds. The number of para-hydroxylation sites is 1. The van der Waals surface area contributed by atoms with E-state index in [-0.39, 0.29) is 0 Å². The molecule has 0 aromatic heterocycles. The summed E-state index contributed by atoms with van der Waals surface area (Å²) in [7, 11) is 5.82. The summed E-state index contributed by atoms with van der Waals surface area (Å²) in [5.74, 6) is 0.983. The molecule has 0 bridgehead atoms. The third-order valence-corrected chi connectivity index (χ3v) is 2.28. The number of nitrogens with two attached hydrogens (primary N) is 1. The fourth-order valence-electron chi connectivity index (χ4n) is 1.72. The van der Waals surface area contributed by atoms with Crippen molar-refractivity contribution in [1.82, 2.24) is 4.90 Å². The van der Waals surface area contributed by atoms with Gasteiger partial charge in [-0.25, -0.2) is 0 Å². The number of benzene rings is 1. The van der Waals surface area contributed by atoms with Crippen molar-refractivity contribution in [3.63, 3.8) is 0 Å². The molecule has 3 heteroatoms. The number of methoxy groups -OCH3 is 1. The van der Waals surface area contributed by atoms with E-state index in [1.807, 2.05) is 0 Å². The van der Waals surface area contributed by atoms with Crippen LogP contribution in [0.2, 0.25) is 0 Å². The van der Waals surface area contributed by atoms with E-state index in [2.05, 4.69) is 37.2 Å². The monoisotopic (exact) mass is 208 g/mol. The summed E-state index contributed by atoms with van der Waals surface area (Å²) >= 11 is 0. The summed E-state index contributed by atoms with van der Waals surface area (Å²) < 4.78 is 5.45. The number of hydrogen-bond donors (Lipinski definition) is 1. The van der Waals surface area contributed by atoms with Crippen molar-refractivity contribution in [3.8, 4) is 5.75 Å². The molecule has 0 fully saturated rings. The maximum absolute atomic E-state index is 5.57.